The summed E-state index contributed by atoms with van der Waals surface area (Å²) in [4.78, 5) is 8.91. The smallest absolute Gasteiger partial charge is 0.159 e. The fraction of sp³-hybridized carbons (Fsp3) is 0.636. The van der Waals surface area contributed by atoms with Gasteiger partial charge in [0.25, 0.3) is 0 Å². The molecule has 0 aromatic carbocycles. The van der Waals surface area contributed by atoms with Crippen molar-refractivity contribution >= 4 is 0 Å². The number of ether oxygens (including phenoxy) is 1. The van der Waals surface area contributed by atoms with Crippen LogP contribution in [0.2, 0.25) is 0 Å². The van der Waals surface area contributed by atoms with Crippen molar-refractivity contribution in [1.82, 2.24) is 15.3 Å². The Morgan fingerprint density at radius 1 is 1.47 bits per heavy atom. The molecule has 1 aliphatic rings. The molecule has 4 nitrogen and oxygen atoms in total. The van der Waals surface area contributed by atoms with Crippen LogP contribution < -0.4 is 5.32 Å². The van der Waals surface area contributed by atoms with E-state index in [1.807, 2.05) is 27.0 Å². The Hall–Kier alpha value is -1.00. The minimum Gasteiger partial charge on any atom is -0.368 e. The van der Waals surface area contributed by atoms with Crippen molar-refractivity contribution in [2.24, 2.45) is 0 Å². The highest BCUT2D eigenvalue weighted by atomic mass is 16.5. The summed E-state index contributed by atoms with van der Waals surface area (Å²) in [6.45, 7) is 8.38. The van der Waals surface area contributed by atoms with E-state index in [1.54, 1.807) is 0 Å². The van der Waals surface area contributed by atoms with Crippen molar-refractivity contribution in [3.63, 3.8) is 0 Å². The van der Waals surface area contributed by atoms with E-state index in [1.165, 1.54) is 5.56 Å². The minimum absolute atomic E-state index is 0.396. The standard InChI is InChI=1S/C11H17N3O/c1-4-15-11(2,3)10-13-6-8-5-12-7-9(8)14-10/h6,12H,4-5,7H2,1-3H3. The van der Waals surface area contributed by atoms with Gasteiger partial charge in [0.15, 0.2) is 5.82 Å². The van der Waals surface area contributed by atoms with E-state index < -0.39 is 5.60 Å². The molecule has 1 N–H and O–H groups in total. The summed E-state index contributed by atoms with van der Waals surface area (Å²) in [6, 6.07) is 0. The van der Waals surface area contributed by atoms with E-state index in [-0.39, 0.29) is 0 Å². The number of aromatic nitrogens is 2. The zero-order chi connectivity index (χ0) is 10.9. The van der Waals surface area contributed by atoms with Gasteiger partial charge in [0.2, 0.25) is 0 Å². The molecular formula is C11H17N3O. The van der Waals surface area contributed by atoms with Gasteiger partial charge in [-0.2, -0.15) is 0 Å². The van der Waals surface area contributed by atoms with Gasteiger partial charge < -0.3 is 10.1 Å². The molecule has 2 heterocycles. The number of hydrogen-bond donors (Lipinski definition) is 1. The van der Waals surface area contributed by atoms with Crippen LogP contribution in [0.4, 0.5) is 0 Å². The van der Waals surface area contributed by atoms with E-state index >= 15 is 0 Å². The van der Waals surface area contributed by atoms with Crippen LogP contribution in [-0.2, 0) is 23.4 Å². The van der Waals surface area contributed by atoms with Crippen LogP contribution in [-0.4, -0.2) is 16.6 Å². The second kappa shape index (κ2) is 3.87. The van der Waals surface area contributed by atoms with Gasteiger partial charge in [-0.05, 0) is 20.8 Å². The predicted octanol–water partition coefficient (Wildman–Crippen LogP) is 1.35. The Bertz CT molecular complexity index is 363. The maximum absolute atomic E-state index is 5.63. The molecule has 2 rings (SSSR count). The van der Waals surface area contributed by atoms with Crippen molar-refractivity contribution in [1.29, 1.82) is 0 Å². The lowest BCUT2D eigenvalue weighted by Crippen LogP contribution is -2.25. The molecule has 15 heavy (non-hydrogen) atoms. The van der Waals surface area contributed by atoms with Crippen LogP contribution in [0, 0.1) is 0 Å². The Labute approximate surface area is 90.1 Å². The molecule has 0 spiro atoms. The molecule has 4 heteroatoms. The van der Waals surface area contributed by atoms with Gasteiger partial charge in [-0.15, -0.1) is 0 Å². The Morgan fingerprint density at radius 2 is 2.27 bits per heavy atom. The first-order chi connectivity index (χ1) is 7.13. The molecule has 0 atom stereocenters. The summed E-state index contributed by atoms with van der Waals surface area (Å²) in [5.41, 5.74) is 1.91. The van der Waals surface area contributed by atoms with Crippen molar-refractivity contribution in [3.8, 4) is 0 Å². The van der Waals surface area contributed by atoms with Gasteiger partial charge in [0, 0.05) is 31.5 Å². The lowest BCUT2D eigenvalue weighted by atomic mass is 10.1. The zero-order valence-electron chi connectivity index (χ0n) is 9.50. The quantitative estimate of drug-likeness (QED) is 0.812. The highest BCUT2D eigenvalue weighted by molar-refractivity contribution is 5.22. The fourth-order valence-electron chi connectivity index (χ4n) is 1.77. The van der Waals surface area contributed by atoms with Crippen LogP contribution in [0.5, 0.6) is 0 Å². The minimum atomic E-state index is -0.396. The number of hydrogen-bond acceptors (Lipinski definition) is 4. The van der Waals surface area contributed by atoms with Gasteiger partial charge in [-0.3, -0.25) is 0 Å². The first-order valence-electron chi connectivity index (χ1n) is 5.33. The number of nitrogens with zero attached hydrogens (tertiary/aromatic N) is 2. The van der Waals surface area contributed by atoms with Crippen LogP contribution in [0.15, 0.2) is 6.20 Å². The fourth-order valence-corrected chi connectivity index (χ4v) is 1.77. The summed E-state index contributed by atoms with van der Waals surface area (Å²) in [5.74, 6) is 0.770. The first kappa shape index (κ1) is 10.5. The van der Waals surface area contributed by atoms with Crippen LogP contribution in [0.25, 0.3) is 0 Å². The third-order valence-electron chi connectivity index (χ3n) is 2.61. The maximum atomic E-state index is 5.63. The molecule has 1 aliphatic heterocycles. The van der Waals surface area contributed by atoms with Crippen LogP contribution >= 0.6 is 0 Å². The molecule has 1 aromatic rings. The molecular weight excluding hydrogens is 190 g/mol. The molecule has 0 radical (unpaired) electrons. The van der Waals surface area contributed by atoms with Crippen molar-refractivity contribution in [2.45, 2.75) is 39.5 Å². The van der Waals surface area contributed by atoms with E-state index in [9.17, 15) is 0 Å². The largest absolute Gasteiger partial charge is 0.368 e. The summed E-state index contributed by atoms with van der Waals surface area (Å²) >= 11 is 0. The summed E-state index contributed by atoms with van der Waals surface area (Å²) in [6.07, 6.45) is 1.90. The lowest BCUT2D eigenvalue weighted by Gasteiger charge is -2.23. The summed E-state index contributed by atoms with van der Waals surface area (Å²) in [5, 5.41) is 3.26. The van der Waals surface area contributed by atoms with E-state index in [2.05, 4.69) is 15.3 Å². The monoisotopic (exact) mass is 207 g/mol. The molecule has 0 aliphatic carbocycles. The summed E-state index contributed by atoms with van der Waals surface area (Å²) in [7, 11) is 0. The molecule has 0 saturated carbocycles. The normalized spacial score (nSPS) is 15.4. The van der Waals surface area contributed by atoms with Gasteiger partial charge >= 0.3 is 0 Å². The van der Waals surface area contributed by atoms with E-state index in [4.69, 9.17) is 4.74 Å². The van der Waals surface area contributed by atoms with E-state index in [0.29, 0.717) is 6.61 Å². The Morgan fingerprint density at radius 3 is 3.00 bits per heavy atom. The molecule has 1 aromatic heterocycles. The topological polar surface area (TPSA) is 47.0 Å². The number of nitrogens with one attached hydrogen (secondary N) is 1. The lowest BCUT2D eigenvalue weighted by molar-refractivity contribution is -0.0209. The van der Waals surface area contributed by atoms with Crippen molar-refractivity contribution < 1.29 is 4.74 Å². The molecule has 0 saturated heterocycles. The van der Waals surface area contributed by atoms with Gasteiger partial charge in [0.1, 0.15) is 5.60 Å². The average Bonchev–Trinajstić information content (AvgIpc) is 2.63. The predicted molar refractivity (Wildman–Crippen MR) is 57.2 cm³/mol. The van der Waals surface area contributed by atoms with E-state index in [0.717, 1.165) is 24.6 Å². The van der Waals surface area contributed by atoms with Gasteiger partial charge in [-0.25, -0.2) is 9.97 Å². The molecule has 0 fully saturated rings. The van der Waals surface area contributed by atoms with Gasteiger partial charge in [-0.1, -0.05) is 0 Å². The number of rotatable bonds is 3. The molecule has 0 bridgehead atoms. The zero-order valence-corrected chi connectivity index (χ0v) is 9.50. The number of fused-ring (bicyclic) bond motifs is 1. The molecule has 0 amide bonds. The second-order valence-electron chi connectivity index (χ2n) is 4.21. The van der Waals surface area contributed by atoms with Crippen LogP contribution in [0.3, 0.4) is 0 Å². The molecule has 0 unspecified atom stereocenters. The third-order valence-corrected chi connectivity index (χ3v) is 2.61. The van der Waals surface area contributed by atoms with Gasteiger partial charge in [0.05, 0.1) is 5.69 Å². The van der Waals surface area contributed by atoms with Crippen LogP contribution in [0.1, 0.15) is 37.9 Å². The second-order valence-corrected chi connectivity index (χ2v) is 4.21. The van der Waals surface area contributed by atoms with Crippen molar-refractivity contribution in [3.05, 3.63) is 23.3 Å². The maximum Gasteiger partial charge on any atom is 0.159 e. The first-order valence-corrected chi connectivity index (χ1v) is 5.33. The summed E-state index contributed by atoms with van der Waals surface area (Å²) < 4.78 is 5.63. The third kappa shape index (κ3) is 2.01. The average molecular weight is 207 g/mol. The SMILES string of the molecule is CCOC(C)(C)c1ncc2c(n1)CNC2. The highest BCUT2D eigenvalue weighted by Crippen LogP contribution is 2.22. The highest BCUT2D eigenvalue weighted by Gasteiger charge is 2.25. The Balaban J connectivity index is 2.29. The van der Waals surface area contributed by atoms with Crippen molar-refractivity contribution in [2.75, 3.05) is 6.61 Å². The molecule has 82 valence electrons. The Kier molecular flexibility index (Phi) is 2.71.